The number of primary amides is 1. The number of rotatable bonds is 4. The Bertz CT molecular complexity index is 552. The molecule has 1 amide bonds. The molecule has 0 heterocycles. The molecule has 3 N–H and O–H groups in total. The van der Waals surface area contributed by atoms with Crippen molar-refractivity contribution in [2.45, 2.75) is 0 Å². The van der Waals surface area contributed by atoms with Crippen LogP contribution in [0.3, 0.4) is 0 Å². The summed E-state index contributed by atoms with van der Waals surface area (Å²) in [7, 11) is 0. The molecule has 0 aromatic heterocycles. The lowest BCUT2D eigenvalue weighted by atomic mass is 10.2. The molecule has 1 aromatic rings. The summed E-state index contributed by atoms with van der Waals surface area (Å²) in [5.74, 6) is -2.47. The van der Waals surface area contributed by atoms with Crippen molar-refractivity contribution in [3.8, 4) is 6.07 Å². The van der Waals surface area contributed by atoms with E-state index >= 15 is 0 Å². The molecule has 0 bridgehead atoms. The van der Waals surface area contributed by atoms with E-state index in [4.69, 9.17) is 11.0 Å². The zero-order chi connectivity index (χ0) is 13.7. The van der Waals surface area contributed by atoms with Crippen molar-refractivity contribution in [2.24, 2.45) is 5.73 Å². The lowest BCUT2D eigenvalue weighted by Gasteiger charge is -2.10. The molecule has 0 radical (unpaired) electrons. The Morgan fingerprint density at radius 1 is 1.50 bits per heavy atom. The number of hydrogen-bond donors (Lipinski definition) is 2. The Morgan fingerprint density at radius 3 is 2.61 bits per heavy atom. The quantitative estimate of drug-likeness (QED) is 0.647. The van der Waals surface area contributed by atoms with Gasteiger partial charge in [0.25, 0.3) is 5.91 Å². The van der Waals surface area contributed by atoms with Crippen molar-refractivity contribution < 1.29 is 13.6 Å². The molecular weight excluding hydrogens is 260 g/mol. The number of nitrogens with two attached hydrogens (primary N) is 1. The van der Waals surface area contributed by atoms with Crippen LogP contribution < -0.4 is 11.1 Å². The first-order valence-corrected chi connectivity index (χ1v) is 5.92. The number of anilines is 1. The number of halogens is 2. The van der Waals surface area contributed by atoms with Gasteiger partial charge in [0.05, 0.1) is 10.7 Å². The van der Waals surface area contributed by atoms with E-state index in [0.717, 1.165) is 23.9 Å². The number of nitrogens with one attached hydrogen (secondary N) is 1. The number of carbonyl (C=O) groups is 1. The van der Waals surface area contributed by atoms with Crippen molar-refractivity contribution in [1.82, 2.24) is 0 Å². The molecule has 0 unspecified atom stereocenters. The lowest BCUT2D eigenvalue weighted by molar-refractivity contribution is -0.114. The van der Waals surface area contributed by atoms with Crippen molar-refractivity contribution >= 4 is 23.4 Å². The summed E-state index contributed by atoms with van der Waals surface area (Å²) in [6.45, 7) is 0. The Balaban J connectivity index is 3.15. The van der Waals surface area contributed by atoms with Crippen LogP contribution in [0.25, 0.3) is 0 Å². The molecular formula is C11H9F2N3OS. The molecule has 0 aliphatic rings. The minimum atomic E-state index is -0.920. The van der Waals surface area contributed by atoms with Crippen LogP contribution >= 0.6 is 11.8 Å². The summed E-state index contributed by atoms with van der Waals surface area (Å²) in [6, 6.07) is 4.54. The van der Waals surface area contributed by atoms with Crippen molar-refractivity contribution in [2.75, 3.05) is 11.6 Å². The molecule has 0 aliphatic carbocycles. The highest BCUT2D eigenvalue weighted by molar-refractivity contribution is 8.02. The van der Waals surface area contributed by atoms with Crippen molar-refractivity contribution in [1.29, 1.82) is 5.26 Å². The van der Waals surface area contributed by atoms with Crippen LogP contribution in [0.15, 0.2) is 28.8 Å². The third-order valence-corrected chi connectivity index (χ3v) is 2.68. The van der Waals surface area contributed by atoms with Gasteiger partial charge in [-0.05, 0) is 18.4 Å². The van der Waals surface area contributed by atoms with E-state index in [0.29, 0.717) is 6.07 Å². The fourth-order valence-electron chi connectivity index (χ4n) is 1.15. The number of nitrogens with zero attached hydrogens (tertiary/aromatic N) is 1. The molecule has 1 rings (SSSR count). The van der Waals surface area contributed by atoms with E-state index < -0.39 is 17.5 Å². The van der Waals surface area contributed by atoms with E-state index in [-0.39, 0.29) is 16.3 Å². The number of hydrogen-bond acceptors (Lipinski definition) is 4. The molecule has 7 heteroatoms. The van der Waals surface area contributed by atoms with Gasteiger partial charge in [-0.2, -0.15) is 5.26 Å². The van der Waals surface area contributed by atoms with Crippen LogP contribution in [0.2, 0.25) is 0 Å². The normalized spacial score (nSPS) is 11.4. The second-order valence-corrected chi connectivity index (χ2v) is 3.95. The summed E-state index contributed by atoms with van der Waals surface area (Å²) in [6.07, 6.45) is 1.59. The Kier molecular flexibility index (Phi) is 4.68. The van der Waals surface area contributed by atoms with Gasteiger partial charge in [0.1, 0.15) is 23.3 Å². The molecule has 0 saturated carbocycles. The van der Waals surface area contributed by atoms with Crippen molar-refractivity contribution in [3.05, 3.63) is 40.4 Å². The summed E-state index contributed by atoms with van der Waals surface area (Å²) in [5.41, 5.74) is 4.65. The van der Waals surface area contributed by atoms with E-state index in [9.17, 15) is 13.6 Å². The van der Waals surface area contributed by atoms with Crippen LogP contribution in [0, 0.1) is 23.0 Å². The lowest BCUT2D eigenvalue weighted by Crippen LogP contribution is -2.16. The van der Waals surface area contributed by atoms with Gasteiger partial charge in [0.15, 0.2) is 0 Å². The zero-order valence-corrected chi connectivity index (χ0v) is 10.1. The molecule has 0 aliphatic heterocycles. The zero-order valence-electron chi connectivity index (χ0n) is 9.33. The highest BCUT2D eigenvalue weighted by atomic mass is 32.2. The molecule has 94 valence electrons. The van der Waals surface area contributed by atoms with Crippen molar-refractivity contribution in [3.63, 3.8) is 0 Å². The predicted octanol–water partition coefficient (Wildman–Crippen LogP) is 1.96. The maximum Gasteiger partial charge on any atom is 0.262 e. The predicted molar refractivity (Wildman–Crippen MR) is 65.3 cm³/mol. The van der Waals surface area contributed by atoms with Crippen LogP contribution in [0.5, 0.6) is 0 Å². The molecule has 0 atom stereocenters. The highest BCUT2D eigenvalue weighted by Crippen LogP contribution is 2.23. The maximum atomic E-state index is 13.4. The molecule has 0 saturated heterocycles. The maximum absolute atomic E-state index is 13.4. The van der Waals surface area contributed by atoms with Gasteiger partial charge in [-0.15, -0.1) is 11.8 Å². The first kappa shape index (κ1) is 14.0. The first-order valence-electron chi connectivity index (χ1n) is 4.69. The van der Waals surface area contributed by atoms with Gasteiger partial charge in [0, 0.05) is 6.07 Å². The van der Waals surface area contributed by atoms with Crippen LogP contribution in [0.1, 0.15) is 0 Å². The summed E-state index contributed by atoms with van der Waals surface area (Å²) >= 11 is 1.02. The van der Waals surface area contributed by atoms with Crippen LogP contribution in [0.4, 0.5) is 14.5 Å². The summed E-state index contributed by atoms with van der Waals surface area (Å²) < 4.78 is 26.1. The number of thioether (sulfide) groups is 1. The number of carbonyl (C=O) groups excluding carboxylic acids is 1. The van der Waals surface area contributed by atoms with Crippen LogP contribution in [-0.2, 0) is 4.79 Å². The number of benzene rings is 1. The van der Waals surface area contributed by atoms with Gasteiger partial charge in [-0.3, -0.25) is 4.79 Å². The van der Waals surface area contributed by atoms with Crippen LogP contribution in [-0.4, -0.2) is 12.2 Å². The Morgan fingerprint density at radius 2 is 2.17 bits per heavy atom. The average Bonchev–Trinajstić information content (AvgIpc) is 2.31. The first-order chi connectivity index (χ1) is 8.49. The molecule has 0 fully saturated rings. The van der Waals surface area contributed by atoms with E-state index in [1.54, 1.807) is 12.3 Å². The molecule has 4 nitrogen and oxygen atoms in total. The molecule has 18 heavy (non-hydrogen) atoms. The second kappa shape index (κ2) is 6.02. The van der Waals surface area contributed by atoms with Gasteiger partial charge in [-0.25, -0.2) is 8.78 Å². The van der Waals surface area contributed by atoms with Gasteiger partial charge in [-0.1, -0.05) is 0 Å². The van der Waals surface area contributed by atoms with Gasteiger partial charge < -0.3 is 11.1 Å². The largest absolute Gasteiger partial charge is 0.365 e. The topological polar surface area (TPSA) is 78.9 Å². The Labute approximate surface area is 106 Å². The minimum Gasteiger partial charge on any atom is -0.365 e. The molecule has 0 spiro atoms. The smallest absolute Gasteiger partial charge is 0.262 e. The summed E-state index contributed by atoms with van der Waals surface area (Å²) in [5, 5.41) is 11.4. The third kappa shape index (κ3) is 3.21. The van der Waals surface area contributed by atoms with E-state index in [1.807, 2.05) is 0 Å². The highest BCUT2D eigenvalue weighted by Gasteiger charge is 2.13. The van der Waals surface area contributed by atoms with Gasteiger partial charge >= 0.3 is 0 Å². The fraction of sp³-hybridized carbons (Fsp3) is 0.0909. The SMILES string of the molecule is CSC(Nc1ccc(F)cc1F)=C(C#N)C(N)=O. The average molecular weight is 269 g/mol. The van der Waals surface area contributed by atoms with Gasteiger partial charge in [0.2, 0.25) is 0 Å². The Hall–Kier alpha value is -2.07. The monoisotopic (exact) mass is 269 g/mol. The van der Waals surface area contributed by atoms with E-state index in [1.165, 1.54) is 0 Å². The third-order valence-electron chi connectivity index (χ3n) is 1.97. The number of nitriles is 1. The minimum absolute atomic E-state index is 0.0465. The summed E-state index contributed by atoms with van der Waals surface area (Å²) in [4.78, 5) is 11.0. The molecule has 1 aromatic carbocycles. The van der Waals surface area contributed by atoms with E-state index in [2.05, 4.69) is 5.32 Å². The standard InChI is InChI=1S/C11H9F2N3OS/c1-18-11(7(5-14)10(15)17)16-9-3-2-6(12)4-8(9)13/h2-4,16H,1H3,(H2,15,17). The second-order valence-electron chi connectivity index (χ2n) is 3.13. The number of amides is 1. The fourth-order valence-corrected chi connectivity index (χ4v) is 1.71.